The summed E-state index contributed by atoms with van der Waals surface area (Å²) in [4.78, 5) is 14.1. The molecule has 7 heteroatoms. The molecule has 0 fully saturated rings. The molecule has 1 aromatic carbocycles. The van der Waals surface area contributed by atoms with Gasteiger partial charge in [0, 0.05) is 31.1 Å². The van der Waals surface area contributed by atoms with Crippen LogP contribution in [-0.4, -0.2) is 42.2 Å². The predicted octanol–water partition coefficient (Wildman–Crippen LogP) is 2.61. The van der Waals surface area contributed by atoms with Crippen molar-refractivity contribution in [2.45, 2.75) is 19.8 Å². The molecular weight excluding hydrogens is 313 g/mol. The summed E-state index contributed by atoms with van der Waals surface area (Å²) in [6, 6.07) is 3.08. The van der Waals surface area contributed by atoms with E-state index < -0.39 is 0 Å². The van der Waals surface area contributed by atoms with E-state index in [1.807, 2.05) is 6.92 Å². The van der Waals surface area contributed by atoms with E-state index >= 15 is 0 Å². The fraction of sp³-hybridized carbons (Fsp3) is 0.500. The molecule has 0 radical (unpaired) electrons. The lowest BCUT2D eigenvalue weighted by atomic mass is 10.2. The van der Waals surface area contributed by atoms with Gasteiger partial charge in [-0.3, -0.25) is 4.79 Å². The fourth-order valence-corrected chi connectivity index (χ4v) is 2.47. The summed E-state index contributed by atoms with van der Waals surface area (Å²) < 4.78 is 0. The molecule has 1 aromatic rings. The minimum absolute atomic E-state index is 0.152. The van der Waals surface area contributed by atoms with E-state index in [2.05, 4.69) is 10.2 Å². The molecule has 21 heavy (non-hydrogen) atoms. The number of anilines is 2. The first-order valence-electron chi connectivity index (χ1n) is 6.85. The zero-order chi connectivity index (χ0) is 15.8. The third-order valence-electron chi connectivity index (χ3n) is 3.08. The number of carbonyl (C=O) groups excluding carboxylic acids is 1. The molecule has 5 nitrogen and oxygen atoms in total. The van der Waals surface area contributed by atoms with Crippen LogP contribution in [0, 0.1) is 0 Å². The molecule has 0 saturated carbocycles. The average molecular weight is 334 g/mol. The van der Waals surface area contributed by atoms with Gasteiger partial charge in [0.1, 0.15) is 0 Å². The molecule has 0 unspecified atom stereocenters. The minimum atomic E-state index is -0.159. The summed E-state index contributed by atoms with van der Waals surface area (Å²) in [6.07, 6.45) is 1.03. The molecule has 1 amide bonds. The maximum Gasteiger partial charge on any atom is 0.225 e. The van der Waals surface area contributed by atoms with Gasteiger partial charge in [-0.05, 0) is 25.1 Å². The number of nitrogens with one attached hydrogen (secondary N) is 1. The summed E-state index contributed by atoms with van der Waals surface area (Å²) in [5, 5.41) is 12.3. The van der Waals surface area contributed by atoms with Crippen molar-refractivity contribution in [3.63, 3.8) is 0 Å². The molecule has 0 heterocycles. The Labute approximate surface area is 135 Å². The standard InChI is InChI=1S/C14H21Cl2N3O2/c1-2-19(5-3-7-20)6-4-13(21)18-14-11(16)8-10(15)9-12(14)17/h8-9,20H,2-7,17H2,1H3,(H,18,21). The first-order chi connectivity index (χ1) is 9.97. The van der Waals surface area contributed by atoms with Gasteiger partial charge in [0.15, 0.2) is 0 Å². The van der Waals surface area contributed by atoms with Crippen LogP contribution in [0.4, 0.5) is 11.4 Å². The topological polar surface area (TPSA) is 78.6 Å². The lowest BCUT2D eigenvalue weighted by Gasteiger charge is -2.19. The number of amides is 1. The SMILES string of the molecule is CCN(CCCO)CCC(=O)Nc1c(N)cc(Cl)cc1Cl. The van der Waals surface area contributed by atoms with Crippen LogP contribution in [-0.2, 0) is 4.79 Å². The Balaban J connectivity index is 2.54. The van der Waals surface area contributed by atoms with Gasteiger partial charge in [-0.1, -0.05) is 30.1 Å². The van der Waals surface area contributed by atoms with E-state index in [1.165, 1.54) is 6.07 Å². The molecule has 4 N–H and O–H groups in total. The second-order valence-corrected chi connectivity index (χ2v) is 5.51. The van der Waals surface area contributed by atoms with Crippen LogP contribution in [0.3, 0.4) is 0 Å². The van der Waals surface area contributed by atoms with Gasteiger partial charge in [0.05, 0.1) is 16.4 Å². The largest absolute Gasteiger partial charge is 0.397 e. The van der Waals surface area contributed by atoms with E-state index in [1.54, 1.807) is 6.07 Å². The van der Waals surface area contributed by atoms with E-state index in [0.29, 0.717) is 40.8 Å². The van der Waals surface area contributed by atoms with E-state index in [9.17, 15) is 4.79 Å². The summed E-state index contributed by atoms with van der Waals surface area (Å²) in [7, 11) is 0. The normalized spacial score (nSPS) is 10.9. The number of halogens is 2. The van der Waals surface area contributed by atoms with Crippen LogP contribution in [0.2, 0.25) is 10.0 Å². The number of rotatable bonds is 8. The van der Waals surface area contributed by atoms with E-state index in [0.717, 1.165) is 13.1 Å². The van der Waals surface area contributed by atoms with Crippen LogP contribution < -0.4 is 11.1 Å². The second kappa shape index (κ2) is 9.10. The highest BCUT2D eigenvalue weighted by Gasteiger charge is 2.12. The molecule has 118 valence electrons. The highest BCUT2D eigenvalue weighted by molar-refractivity contribution is 6.37. The Hall–Kier alpha value is -1.01. The van der Waals surface area contributed by atoms with Crippen molar-refractivity contribution < 1.29 is 9.90 Å². The highest BCUT2D eigenvalue weighted by Crippen LogP contribution is 2.32. The maximum absolute atomic E-state index is 12.0. The Bertz CT molecular complexity index is 460. The summed E-state index contributed by atoms with van der Waals surface area (Å²) in [5.41, 5.74) is 6.53. The van der Waals surface area contributed by atoms with E-state index in [4.69, 9.17) is 34.0 Å². The Morgan fingerprint density at radius 3 is 2.67 bits per heavy atom. The average Bonchev–Trinajstić information content (AvgIpc) is 2.43. The van der Waals surface area contributed by atoms with Crippen molar-refractivity contribution in [1.29, 1.82) is 0 Å². The number of carbonyl (C=O) groups is 1. The Morgan fingerprint density at radius 2 is 2.10 bits per heavy atom. The number of nitrogen functional groups attached to an aromatic ring is 1. The number of hydrogen-bond donors (Lipinski definition) is 3. The number of aliphatic hydroxyl groups is 1. The Morgan fingerprint density at radius 1 is 1.38 bits per heavy atom. The first kappa shape index (κ1) is 18.0. The molecule has 0 aliphatic carbocycles. The van der Waals surface area contributed by atoms with E-state index in [-0.39, 0.29) is 12.5 Å². The quantitative estimate of drug-likeness (QED) is 0.639. The summed E-state index contributed by atoms with van der Waals surface area (Å²) in [5.74, 6) is -0.159. The van der Waals surface area contributed by atoms with Crippen LogP contribution in [0.5, 0.6) is 0 Å². The molecule has 0 atom stereocenters. The second-order valence-electron chi connectivity index (χ2n) is 4.66. The number of nitrogens with two attached hydrogens (primary N) is 1. The molecule has 0 saturated heterocycles. The number of nitrogens with zero attached hydrogens (tertiary/aromatic N) is 1. The maximum atomic E-state index is 12.0. The molecular formula is C14H21Cl2N3O2. The number of aliphatic hydroxyl groups excluding tert-OH is 1. The molecule has 0 aliphatic rings. The molecule has 0 spiro atoms. The van der Waals surface area contributed by atoms with Crippen molar-refractivity contribution in [1.82, 2.24) is 4.90 Å². The Kier molecular flexibility index (Phi) is 7.82. The fourth-order valence-electron chi connectivity index (χ4n) is 1.91. The van der Waals surface area contributed by atoms with Gasteiger partial charge in [0.25, 0.3) is 0 Å². The van der Waals surface area contributed by atoms with Gasteiger partial charge in [-0.15, -0.1) is 0 Å². The van der Waals surface area contributed by atoms with Crippen LogP contribution in [0.25, 0.3) is 0 Å². The van der Waals surface area contributed by atoms with Crippen LogP contribution >= 0.6 is 23.2 Å². The summed E-state index contributed by atoms with van der Waals surface area (Å²) >= 11 is 11.8. The van der Waals surface area contributed by atoms with Crippen molar-refractivity contribution in [2.75, 3.05) is 37.3 Å². The predicted molar refractivity (Wildman–Crippen MR) is 87.9 cm³/mol. The van der Waals surface area contributed by atoms with Crippen molar-refractivity contribution in [3.05, 3.63) is 22.2 Å². The minimum Gasteiger partial charge on any atom is -0.397 e. The monoisotopic (exact) mass is 333 g/mol. The molecule has 0 aromatic heterocycles. The highest BCUT2D eigenvalue weighted by atomic mass is 35.5. The lowest BCUT2D eigenvalue weighted by Crippen LogP contribution is -2.29. The van der Waals surface area contributed by atoms with Crippen molar-refractivity contribution in [2.24, 2.45) is 0 Å². The lowest BCUT2D eigenvalue weighted by molar-refractivity contribution is -0.116. The van der Waals surface area contributed by atoms with Gasteiger partial charge in [-0.2, -0.15) is 0 Å². The van der Waals surface area contributed by atoms with Gasteiger partial charge >= 0.3 is 0 Å². The van der Waals surface area contributed by atoms with Gasteiger partial charge in [-0.25, -0.2) is 0 Å². The van der Waals surface area contributed by atoms with Gasteiger partial charge in [0.2, 0.25) is 5.91 Å². The van der Waals surface area contributed by atoms with Crippen LogP contribution in [0.15, 0.2) is 12.1 Å². The number of benzene rings is 1. The van der Waals surface area contributed by atoms with Crippen LogP contribution in [0.1, 0.15) is 19.8 Å². The summed E-state index contributed by atoms with van der Waals surface area (Å²) in [6.45, 7) is 4.39. The van der Waals surface area contributed by atoms with Gasteiger partial charge < -0.3 is 21.1 Å². The smallest absolute Gasteiger partial charge is 0.225 e. The van der Waals surface area contributed by atoms with Crippen molar-refractivity contribution >= 4 is 40.5 Å². The molecule has 0 bridgehead atoms. The molecule has 1 rings (SSSR count). The van der Waals surface area contributed by atoms with Crippen molar-refractivity contribution in [3.8, 4) is 0 Å². The first-order valence-corrected chi connectivity index (χ1v) is 7.61. The zero-order valence-electron chi connectivity index (χ0n) is 12.0. The third kappa shape index (κ3) is 6.09. The third-order valence-corrected chi connectivity index (χ3v) is 3.60. The molecule has 0 aliphatic heterocycles. The number of hydrogen-bond acceptors (Lipinski definition) is 4. The zero-order valence-corrected chi connectivity index (χ0v) is 13.5.